The predicted octanol–water partition coefficient (Wildman–Crippen LogP) is 3.44. The van der Waals surface area contributed by atoms with Crippen molar-refractivity contribution >= 4 is 23.1 Å². The smallest absolute Gasteiger partial charge is 0.231 e. The second-order valence-corrected chi connectivity index (χ2v) is 5.90. The Kier molecular flexibility index (Phi) is 3.46. The van der Waals surface area contributed by atoms with Crippen molar-refractivity contribution in [1.29, 1.82) is 0 Å². The minimum absolute atomic E-state index is 0.0605. The summed E-state index contributed by atoms with van der Waals surface area (Å²) in [6.07, 6.45) is 2.52. The van der Waals surface area contributed by atoms with Gasteiger partial charge in [-0.25, -0.2) is 0 Å². The fourth-order valence-electron chi connectivity index (χ4n) is 2.83. The number of fused-ring (bicyclic) bond motifs is 2. The van der Waals surface area contributed by atoms with Crippen LogP contribution in [0.15, 0.2) is 42.5 Å². The molecule has 0 amide bonds. The molecule has 0 spiro atoms. The number of ether oxygens (including phenoxy) is 2. The molecule has 0 aliphatic carbocycles. The first-order valence-electron chi connectivity index (χ1n) is 7.39. The topological polar surface area (TPSA) is 47.6 Å². The number of rotatable bonds is 2. The number of carbonyl (C=O) groups is 1. The number of allylic oxidation sites excluding steroid dienone is 1. The Hall–Kier alpha value is -2.46. The molecule has 0 bridgehead atoms. The highest BCUT2D eigenvalue weighted by atomic mass is 35.5. The highest BCUT2D eigenvalue weighted by Gasteiger charge is 2.22. The van der Waals surface area contributed by atoms with Crippen molar-refractivity contribution in [2.24, 2.45) is 0 Å². The highest BCUT2D eigenvalue weighted by Crippen LogP contribution is 2.38. The van der Waals surface area contributed by atoms with E-state index in [1.54, 1.807) is 30.3 Å². The van der Waals surface area contributed by atoms with Gasteiger partial charge in [-0.05, 0) is 48.4 Å². The molecule has 2 aliphatic rings. The number of nitrogens with one attached hydrogen (secondary N) is 1. The van der Waals surface area contributed by atoms with Gasteiger partial charge in [-0.2, -0.15) is 0 Å². The molecular weight excluding hydrogens is 314 g/mol. The third-order valence-electron chi connectivity index (χ3n) is 4.00. The first kappa shape index (κ1) is 14.2. The zero-order valence-electron chi connectivity index (χ0n) is 12.3. The minimum atomic E-state index is -0.0605. The van der Waals surface area contributed by atoms with E-state index in [9.17, 15) is 4.79 Å². The number of halogens is 1. The Morgan fingerprint density at radius 2 is 1.87 bits per heavy atom. The Labute approximate surface area is 138 Å². The standard InChI is InChI=1S/C18H14ClNO3/c19-13-3-1-11(2-4-13)16(21)9-15-14-8-18-17(22-10-23-18)7-12(14)5-6-20-15/h1-4,7-9,20H,5-6,10H2/b15-9-. The molecule has 0 saturated heterocycles. The van der Waals surface area contributed by atoms with E-state index >= 15 is 0 Å². The van der Waals surface area contributed by atoms with Crippen LogP contribution in [0.3, 0.4) is 0 Å². The van der Waals surface area contributed by atoms with Crippen molar-refractivity contribution in [2.75, 3.05) is 13.3 Å². The number of hydrogen-bond acceptors (Lipinski definition) is 4. The van der Waals surface area contributed by atoms with E-state index in [1.165, 1.54) is 0 Å². The van der Waals surface area contributed by atoms with E-state index in [0.29, 0.717) is 10.6 Å². The minimum Gasteiger partial charge on any atom is -0.454 e. The van der Waals surface area contributed by atoms with Gasteiger partial charge >= 0.3 is 0 Å². The largest absolute Gasteiger partial charge is 0.454 e. The van der Waals surface area contributed by atoms with Crippen molar-refractivity contribution in [3.63, 3.8) is 0 Å². The fourth-order valence-corrected chi connectivity index (χ4v) is 2.95. The van der Waals surface area contributed by atoms with Gasteiger partial charge in [-0.15, -0.1) is 0 Å². The van der Waals surface area contributed by atoms with Crippen molar-refractivity contribution in [1.82, 2.24) is 5.32 Å². The van der Waals surface area contributed by atoms with Crippen LogP contribution in [0, 0.1) is 0 Å². The fraction of sp³-hybridized carbons (Fsp3) is 0.167. The molecule has 0 saturated carbocycles. The van der Waals surface area contributed by atoms with Gasteiger partial charge < -0.3 is 14.8 Å². The average molecular weight is 328 g/mol. The molecular formula is C18H14ClNO3. The normalized spacial score (nSPS) is 16.8. The summed E-state index contributed by atoms with van der Waals surface area (Å²) in [5.74, 6) is 1.43. The molecule has 0 unspecified atom stereocenters. The van der Waals surface area contributed by atoms with Crippen LogP contribution in [-0.4, -0.2) is 19.1 Å². The second kappa shape index (κ2) is 5.63. The van der Waals surface area contributed by atoms with Gasteiger partial charge in [0.15, 0.2) is 17.3 Å². The third-order valence-corrected chi connectivity index (χ3v) is 4.25. The van der Waals surface area contributed by atoms with E-state index in [4.69, 9.17) is 21.1 Å². The van der Waals surface area contributed by atoms with Gasteiger partial charge in [0.1, 0.15) is 0 Å². The van der Waals surface area contributed by atoms with Gasteiger partial charge in [-0.1, -0.05) is 11.6 Å². The zero-order chi connectivity index (χ0) is 15.8. The molecule has 2 aromatic carbocycles. The van der Waals surface area contributed by atoms with Crippen LogP contribution >= 0.6 is 11.6 Å². The Morgan fingerprint density at radius 3 is 2.65 bits per heavy atom. The third kappa shape index (κ3) is 2.66. The molecule has 0 radical (unpaired) electrons. The summed E-state index contributed by atoms with van der Waals surface area (Å²) in [6.45, 7) is 1.03. The second-order valence-electron chi connectivity index (χ2n) is 5.47. The van der Waals surface area contributed by atoms with Gasteiger partial charge in [0.2, 0.25) is 6.79 Å². The lowest BCUT2D eigenvalue weighted by molar-refractivity contribution is 0.104. The summed E-state index contributed by atoms with van der Waals surface area (Å²) in [5.41, 5.74) is 3.56. The molecule has 5 heteroatoms. The van der Waals surface area contributed by atoms with E-state index in [0.717, 1.165) is 41.3 Å². The number of benzene rings is 2. The maximum absolute atomic E-state index is 12.5. The van der Waals surface area contributed by atoms with Crippen LogP contribution in [0.1, 0.15) is 21.5 Å². The summed E-state index contributed by atoms with van der Waals surface area (Å²) >= 11 is 5.86. The molecule has 2 aromatic rings. The average Bonchev–Trinajstić information content (AvgIpc) is 3.01. The Balaban J connectivity index is 1.71. The van der Waals surface area contributed by atoms with Crippen molar-refractivity contribution < 1.29 is 14.3 Å². The lowest BCUT2D eigenvalue weighted by atomic mass is 9.96. The summed E-state index contributed by atoms with van der Waals surface area (Å²) in [5, 5.41) is 3.91. The first-order chi connectivity index (χ1) is 11.2. The lowest BCUT2D eigenvalue weighted by Crippen LogP contribution is -2.23. The predicted molar refractivity (Wildman–Crippen MR) is 88.0 cm³/mol. The van der Waals surface area contributed by atoms with Crippen LogP contribution in [0.2, 0.25) is 5.02 Å². The van der Waals surface area contributed by atoms with Crippen LogP contribution in [-0.2, 0) is 6.42 Å². The summed E-state index contributed by atoms with van der Waals surface area (Å²) in [6, 6.07) is 10.8. The Morgan fingerprint density at radius 1 is 1.13 bits per heavy atom. The summed E-state index contributed by atoms with van der Waals surface area (Å²) < 4.78 is 10.9. The zero-order valence-corrected chi connectivity index (χ0v) is 13.0. The van der Waals surface area contributed by atoms with E-state index < -0.39 is 0 Å². The van der Waals surface area contributed by atoms with Crippen molar-refractivity contribution in [3.05, 3.63) is 64.2 Å². The van der Waals surface area contributed by atoms with Crippen LogP contribution < -0.4 is 14.8 Å². The van der Waals surface area contributed by atoms with Crippen molar-refractivity contribution in [3.8, 4) is 11.5 Å². The molecule has 23 heavy (non-hydrogen) atoms. The van der Waals surface area contributed by atoms with Gasteiger partial charge in [0, 0.05) is 34.5 Å². The maximum atomic E-state index is 12.5. The van der Waals surface area contributed by atoms with E-state index in [1.807, 2.05) is 12.1 Å². The molecule has 0 aromatic heterocycles. The lowest BCUT2D eigenvalue weighted by Gasteiger charge is -2.21. The van der Waals surface area contributed by atoms with Crippen LogP contribution in [0.25, 0.3) is 5.70 Å². The molecule has 116 valence electrons. The van der Waals surface area contributed by atoms with Crippen LogP contribution in [0.4, 0.5) is 0 Å². The van der Waals surface area contributed by atoms with Gasteiger partial charge in [-0.3, -0.25) is 4.79 Å². The van der Waals surface area contributed by atoms with Crippen LogP contribution in [0.5, 0.6) is 11.5 Å². The number of ketones is 1. The van der Waals surface area contributed by atoms with E-state index in [-0.39, 0.29) is 12.6 Å². The van der Waals surface area contributed by atoms with Gasteiger partial charge in [0.25, 0.3) is 0 Å². The highest BCUT2D eigenvalue weighted by molar-refractivity contribution is 6.30. The molecule has 0 fully saturated rings. The molecule has 1 N–H and O–H groups in total. The monoisotopic (exact) mass is 327 g/mol. The van der Waals surface area contributed by atoms with E-state index in [2.05, 4.69) is 5.32 Å². The number of carbonyl (C=O) groups excluding carboxylic acids is 1. The molecule has 2 aliphatic heterocycles. The first-order valence-corrected chi connectivity index (χ1v) is 7.77. The quantitative estimate of drug-likeness (QED) is 0.678. The molecule has 2 heterocycles. The van der Waals surface area contributed by atoms with Crippen molar-refractivity contribution in [2.45, 2.75) is 6.42 Å². The van der Waals surface area contributed by atoms with Gasteiger partial charge in [0.05, 0.1) is 0 Å². The Bertz CT molecular complexity index is 812. The summed E-state index contributed by atoms with van der Waals surface area (Å²) in [4.78, 5) is 12.5. The summed E-state index contributed by atoms with van der Waals surface area (Å²) in [7, 11) is 0. The molecule has 4 nitrogen and oxygen atoms in total. The molecule has 4 rings (SSSR count). The maximum Gasteiger partial charge on any atom is 0.231 e. The number of hydrogen-bond donors (Lipinski definition) is 1. The SMILES string of the molecule is O=C(/C=C1\NCCc2cc3c(cc21)OCO3)c1ccc(Cl)cc1. The molecule has 0 atom stereocenters.